The smallest absolute Gasteiger partial charge is 0.249 e. The maximum atomic E-state index is 12.4. The van der Waals surface area contributed by atoms with E-state index < -0.39 is 17.1 Å². The van der Waals surface area contributed by atoms with Gasteiger partial charge in [-0.1, -0.05) is 18.5 Å². The van der Waals surface area contributed by atoms with Gasteiger partial charge < -0.3 is 23.7 Å². The molecule has 1 aromatic heterocycles. The number of aromatic nitrogens is 2. The number of hydrogen-bond acceptors (Lipinski definition) is 9. The van der Waals surface area contributed by atoms with Gasteiger partial charge in [0.05, 0.1) is 24.3 Å². The van der Waals surface area contributed by atoms with E-state index in [2.05, 4.69) is 10.2 Å². The lowest BCUT2D eigenvalue weighted by Gasteiger charge is -2.38. The molecule has 3 rings (SSSR count). The van der Waals surface area contributed by atoms with E-state index in [4.69, 9.17) is 30.2 Å². The first kappa shape index (κ1) is 24.7. The van der Waals surface area contributed by atoms with Gasteiger partial charge in [-0.3, -0.25) is 9.59 Å². The van der Waals surface area contributed by atoms with Crippen molar-refractivity contribution in [1.82, 2.24) is 10.2 Å². The van der Waals surface area contributed by atoms with Gasteiger partial charge in [0, 0.05) is 24.0 Å². The minimum Gasteiger partial charge on any atom is -0.496 e. The van der Waals surface area contributed by atoms with Crippen molar-refractivity contribution in [2.75, 3.05) is 13.7 Å². The summed E-state index contributed by atoms with van der Waals surface area (Å²) in [6, 6.07) is 1.63. The molecule has 0 bridgehead atoms. The number of ketones is 1. The average Bonchev–Trinajstić information content (AvgIpc) is 3.25. The van der Waals surface area contributed by atoms with Gasteiger partial charge in [0.2, 0.25) is 17.4 Å². The van der Waals surface area contributed by atoms with Crippen molar-refractivity contribution in [3.05, 3.63) is 34.4 Å². The molecule has 0 fully saturated rings. The Morgan fingerprint density at radius 1 is 1.39 bits per heavy atom. The number of halogens is 1. The monoisotopic (exact) mass is 478 g/mol. The van der Waals surface area contributed by atoms with Gasteiger partial charge >= 0.3 is 0 Å². The van der Waals surface area contributed by atoms with Gasteiger partial charge in [-0.25, -0.2) is 0 Å². The molecule has 1 aliphatic rings. The van der Waals surface area contributed by atoms with Crippen LogP contribution in [-0.4, -0.2) is 46.7 Å². The highest BCUT2D eigenvalue weighted by Crippen LogP contribution is 2.46. The second kappa shape index (κ2) is 9.15. The van der Waals surface area contributed by atoms with Crippen molar-refractivity contribution in [3.63, 3.8) is 0 Å². The van der Waals surface area contributed by atoms with Crippen LogP contribution in [0.1, 0.15) is 45.6 Å². The van der Waals surface area contributed by atoms with E-state index in [0.717, 1.165) is 0 Å². The van der Waals surface area contributed by atoms with Gasteiger partial charge in [0.15, 0.2) is 17.8 Å². The van der Waals surface area contributed by atoms with E-state index in [0.29, 0.717) is 29.8 Å². The lowest BCUT2D eigenvalue weighted by molar-refractivity contribution is -0.130. The summed E-state index contributed by atoms with van der Waals surface area (Å²) < 4.78 is 23.0. The summed E-state index contributed by atoms with van der Waals surface area (Å²) in [7, 11) is 1.37. The lowest BCUT2D eigenvalue weighted by Crippen LogP contribution is -2.50. The minimum atomic E-state index is -1.58. The zero-order chi connectivity index (χ0) is 24.6. The number of rotatable bonds is 8. The summed E-state index contributed by atoms with van der Waals surface area (Å²) >= 11 is 6.74. The Morgan fingerprint density at radius 2 is 2.09 bits per heavy atom. The number of methoxy groups -OCH3 is 1. The van der Waals surface area contributed by atoms with Crippen molar-refractivity contribution in [2.45, 2.75) is 52.2 Å². The van der Waals surface area contributed by atoms with Crippen LogP contribution >= 0.6 is 11.6 Å². The van der Waals surface area contributed by atoms with E-state index in [1.54, 1.807) is 19.9 Å². The number of benzene rings is 1. The molecule has 0 unspecified atom stereocenters. The summed E-state index contributed by atoms with van der Waals surface area (Å²) in [5.41, 5.74) is -2.10. The Bertz CT molecular complexity index is 1100. The molecule has 2 atom stereocenters. The van der Waals surface area contributed by atoms with E-state index in [9.17, 15) is 14.7 Å². The summed E-state index contributed by atoms with van der Waals surface area (Å²) in [5.74, 6) is 0.0113. The molecule has 10 heteroatoms. The third-order valence-electron chi connectivity index (χ3n) is 5.48. The molecule has 0 saturated heterocycles. The number of hydrogen-bond donors (Lipinski definition) is 1. The molecule has 0 radical (unpaired) electrons. The topological polar surface area (TPSA) is 121 Å². The van der Waals surface area contributed by atoms with Gasteiger partial charge in [-0.05, 0) is 33.8 Å². The van der Waals surface area contributed by atoms with Crippen LogP contribution in [0.2, 0.25) is 5.02 Å². The maximum absolute atomic E-state index is 12.4. The number of aldehydes is 1. The molecule has 178 valence electrons. The van der Waals surface area contributed by atoms with Crippen LogP contribution in [0.15, 0.2) is 22.3 Å². The fourth-order valence-corrected chi connectivity index (χ4v) is 3.93. The van der Waals surface area contributed by atoms with Crippen molar-refractivity contribution >= 4 is 23.7 Å². The Hall–Kier alpha value is -2.91. The van der Waals surface area contributed by atoms with Crippen LogP contribution in [-0.2, 0) is 19.9 Å². The van der Waals surface area contributed by atoms with Crippen LogP contribution in [0.4, 0.5) is 0 Å². The first-order valence-electron chi connectivity index (χ1n) is 10.4. The summed E-state index contributed by atoms with van der Waals surface area (Å²) in [6.07, 6.45) is 1.97. The maximum Gasteiger partial charge on any atom is 0.249 e. The molecular formula is C23H27ClN2O7. The second-order valence-electron chi connectivity index (χ2n) is 8.39. The number of allylic oxidation sites excluding steroid dienone is 1. The van der Waals surface area contributed by atoms with Crippen molar-refractivity contribution in [2.24, 2.45) is 5.92 Å². The Balaban J connectivity index is 2.21. The molecule has 0 aliphatic heterocycles. The zero-order valence-electron chi connectivity index (χ0n) is 19.4. The highest BCUT2D eigenvalue weighted by Gasteiger charge is 2.48. The van der Waals surface area contributed by atoms with Crippen molar-refractivity contribution in [1.29, 1.82) is 0 Å². The molecule has 2 aromatic rings. The average molecular weight is 479 g/mol. The van der Waals surface area contributed by atoms with Gasteiger partial charge in [-0.2, -0.15) is 0 Å². The number of aliphatic hydroxyl groups is 1. The second-order valence-corrected chi connectivity index (χ2v) is 8.77. The molecule has 0 saturated carbocycles. The van der Waals surface area contributed by atoms with Gasteiger partial charge in [-0.15, -0.1) is 10.2 Å². The summed E-state index contributed by atoms with van der Waals surface area (Å²) in [6.45, 7) is 8.66. The predicted octanol–water partition coefficient (Wildman–Crippen LogP) is 3.78. The van der Waals surface area contributed by atoms with Crippen molar-refractivity contribution in [3.8, 4) is 23.0 Å². The quantitative estimate of drug-likeness (QED) is 0.565. The first-order chi connectivity index (χ1) is 15.5. The minimum absolute atomic E-state index is 0.00273. The van der Waals surface area contributed by atoms with E-state index in [1.165, 1.54) is 27.0 Å². The molecule has 1 heterocycles. The summed E-state index contributed by atoms with van der Waals surface area (Å²) in [4.78, 5) is 24.4. The van der Waals surface area contributed by atoms with E-state index in [-0.39, 0.29) is 40.5 Å². The van der Waals surface area contributed by atoms with E-state index in [1.807, 2.05) is 6.92 Å². The van der Waals surface area contributed by atoms with Gasteiger partial charge in [0.1, 0.15) is 17.1 Å². The highest BCUT2D eigenvalue weighted by molar-refractivity contribution is 6.35. The number of carbonyl (C=O) groups excluding carboxylic acids is 2. The van der Waals surface area contributed by atoms with Crippen LogP contribution < -0.4 is 9.47 Å². The zero-order valence-corrected chi connectivity index (χ0v) is 20.1. The lowest BCUT2D eigenvalue weighted by atomic mass is 9.79. The summed E-state index contributed by atoms with van der Waals surface area (Å²) in [5, 5.41) is 18.2. The molecule has 1 N–H and O–H groups in total. The standard InChI is InChI=1S/C23H27ClN2O7/c1-7-31-16-10-15(20-25-26-21(32-20)22(4,5)29)18(24)19(13(16)3)33-23(11-27)12(2)8-14(28)9-17(23)30-6/h9-12,29H,7-8H2,1-6H3/t12-,23+/m1/s1. The molecule has 33 heavy (non-hydrogen) atoms. The highest BCUT2D eigenvalue weighted by atomic mass is 35.5. The molecular weight excluding hydrogens is 452 g/mol. The first-order valence-corrected chi connectivity index (χ1v) is 10.8. The molecule has 1 aliphatic carbocycles. The van der Waals surface area contributed by atoms with Crippen molar-refractivity contribution < 1.29 is 33.3 Å². The largest absolute Gasteiger partial charge is 0.496 e. The molecule has 0 spiro atoms. The Labute approximate surface area is 196 Å². The predicted molar refractivity (Wildman–Crippen MR) is 119 cm³/mol. The Morgan fingerprint density at radius 3 is 2.64 bits per heavy atom. The van der Waals surface area contributed by atoms with Crippen LogP contribution in [0.3, 0.4) is 0 Å². The van der Waals surface area contributed by atoms with Crippen LogP contribution in [0.5, 0.6) is 11.5 Å². The number of carbonyl (C=O) groups is 2. The van der Waals surface area contributed by atoms with Crippen LogP contribution in [0.25, 0.3) is 11.5 Å². The normalized spacial score (nSPS) is 20.9. The fourth-order valence-electron chi connectivity index (χ4n) is 3.61. The van der Waals surface area contributed by atoms with E-state index >= 15 is 0 Å². The Kier molecular flexibility index (Phi) is 6.85. The fraction of sp³-hybridized carbons (Fsp3) is 0.478. The van der Waals surface area contributed by atoms with Gasteiger partial charge in [0.25, 0.3) is 0 Å². The molecule has 1 aromatic carbocycles. The van der Waals surface area contributed by atoms with Crippen LogP contribution in [0, 0.1) is 12.8 Å². The SMILES string of the molecule is CCOc1cc(-c2nnc(C(C)(C)O)o2)c(Cl)c(O[C@]2(C=O)C(OC)=CC(=O)C[C@H]2C)c1C. The molecule has 9 nitrogen and oxygen atoms in total. The third-order valence-corrected chi connectivity index (χ3v) is 5.86. The number of nitrogens with zero attached hydrogens (tertiary/aromatic N) is 2. The molecule has 0 amide bonds. The third kappa shape index (κ3) is 4.47. The number of ether oxygens (including phenoxy) is 3.